The second kappa shape index (κ2) is 38.6. The fourth-order valence-corrected chi connectivity index (χ4v) is 2.76. The molecule has 0 aliphatic heterocycles. The van der Waals surface area contributed by atoms with Gasteiger partial charge in [0.15, 0.2) is 0 Å². The van der Waals surface area contributed by atoms with E-state index < -0.39 is 6.09 Å². The van der Waals surface area contributed by atoms with Crippen molar-refractivity contribution in [1.29, 1.82) is 0 Å². The highest BCUT2D eigenvalue weighted by Crippen LogP contribution is 1.87. The van der Waals surface area contributed by atoms with Gasteiger partial charge in [0, 0.05) is 7.11 Å². The molecule has 0 spiro atoms. The number of carbonyl (C=O) groups excluding carboxylic acids is 1. The first-order valence-electron chi connectivity index (χ1n) is 14.7. The number of hydrogen-bond acceptors (Lipinski definition) is 14. The van der Waals surface area contributed by atoms with Crippen molar-refractivity contribution in [1.82, 2.24) is 5.32 Å². The first kappa shape index (κ1) is 41.5. The van der Waals surface area contributed by atoms with Gasteiger partial charge in [-0.15, -0.1) is 0 Å². The fourth-order valence-electron chi connectivity index (χ4n) is 2.76. The van der Waals surface area contributed by atoms with Crippen LogP contribution in [0.1, 0.15) is 0 Å². The summed E-state index contributed by atoms with van der Waals surface area (Å²) < 4.78 is 69.1. The molecule has 0 aliphatic rings. The van der Waals surface area contributed by atoms with Gasteiger partial charge in [-0.2, -0.15) is 0 Å². The lowest BCUT2D eigenvalue weighted by Gasteiger charge is -2.09. The third-order valence-corrected chi connectivity index (χ3v) is 4.83. The van der Waals surface area contributed by atoms with Gasteiger partial charge in [0.1, 0.15) is 6.61 Å². The number of methoxy groups -OCH3 is 1. The molecule has 0 heterocycles. The molecule has 0 rings (SSSR count). The number of hydrogen-bond donors (Lipinski definition) is 1. The molecule has 0 aliphatic carbocycles. The van der Waals surface area contributed by atoms with Gasteiger partial charge in [-0.25, -0.2) is 4.79 Å². The lowest BCUT2D eigenvalue weighted by atomic mass is 10.6. The minimum absolute atomic E-state index is 0.165. The van der Waals surface area contributed by atoms with Gasteiger partial charge in [-0.05, 0) is 6.20 Å². The highest BCUT2D eigenvalue weighted by molar-refractivity contribution is 5.68. The van der Waals surface area contributed by atoms with Gasteiger partial charge in [-0.1, -0.05) is 6.58 Å². The molecule has 0 radical (unpaired) electrons. The smallest absolute Gasteiger partial charge is 0.411 e. The molecule has 0 aromatic rings. The highest BCUT2D eigenvalue weighted by atomic mass is 16.6. The molecule has 0 aromatic heterocycles. The van der Waals surface area contributed by atoms with E-state index >= 15 is 0 Å². The Morgan fingerprint density at radius 3 is 0.837 bits per heavy atom. The van der Waals surface area contributed by atoms with E-state index in [4.69, 9.17) is 61.6 Å². The van der Waals surface area contributed by atoms with Crippen molar-refractivity contribution >= 4 is 6.09 Å². The van der Waals surface area contributed by atoms with Crippen LogP contribution in [0, 0.1) is 0 Å². The first-order chi connectivity index (χ1) is 21.3. The second-order valence-corrected chi connectivity index (χ2v) is 8.21. The van der Waals surface area contributed by atoms with Crippen LogP contribution in [0.3, 0.4) is 0 Å². The monoisotopic (exact) mass is 629 g/mol. The maximum atomic E-state index is 11.0. The van der Waals surface area contributed by atoms with Gasteiger partial charge in [0.2, 0.25) is 0 Å². The van der Waals surface area contributed by atoms with Crippen LogP contribution < -0.4 is 5.32 Å². The van der Waals surface area contributed by atoms with Gasteiger partial charge in [0.25, 0.3) is 0 Å². The van der Waals surface area contributed by atoms with E-state index in [2.05, 4.69) is 11.9 Å². The van der Waals surface area contributed by atoms with Crippen LogP contribution in [0.4, 0.5) is 4.79 Å². The zero-order valence-electron chi connectivity index (χ0n) is 26.0. The molecule has 1 amide bonds. The van der Waals surface area contributed by atoms with E-state index in [1.807, 2.05) is 0 Å². The minimum Gasteiger partial charge on any atom is -0.447 e. The van der Waals surface area contributed by atoms with Crippen molar-refractivity contribution in [3.05, 3.63) is 12.8 Å². The van der Waals surface area contributed by atoms with Crippen LogP contribution in [0.2, 0.25) is 0 Å². The molecule has 0 atom stereocenters. The number of carbonyl (C=O) groups is 1. The Hall–Kier alpha value is -1.47. The number of nitrogens with one attached hydrogen (secondary N) is 1. The molecule has 0 aromatic carbocycles. The van der Waals surface area contributed by atoms with E-state index in [0.717, 1.165) is 0 Å². The molecule has 15 heteroatoms. The van der Waals surface area contributed by atoms with Crippen molar-refractivity contribution in [2.75, 3.05) is 166 Å². The van der Waals surface area contributed by atoms with Crippen LogP contribution in [0.15, 0.2) is 12.8 Å². The van der Waals surface area contributed by atoms with Gasteiger partial charge in [0.05, 0.1) is 152 Å². The predicted molar refractivity (Wildman–Crippen MR) is 156 cm³/mol. The van der Waals surface area contributed by atoms with Crippen LogP contribution in [0.25, 0.3) is 0 Å². The second-order valence-electron chi connectivity index (χ2n) is 8.21. The average Bonchev–Trinajstić information content (AvgIpc) is 3.01. The molecule has 0 fully saturated rings. The maximum absolute atomic E-state index is 11.0. The first-order valence-corrected chi connectivity index (χ1v) is 14.7. The molecule has 15 nitrogen and oxygen atoms in total. The third kappa shape index (κ3) is 38.5. The third-order valence-electron chi connectivity index (χ3n) is 4.83. The molecule has 0 bridgehead atoms. The normalized spacial score (nSPS) is 11.2. The maximum Gasteiger partial charge on any atom is 0.411 e. The largest absolute Gasteiger partial charge is 0.447 e. The van der Waals surface area contributed by atoms with Crippen LogP contribution >= 0.6 is 0 Å². The number of rotatable bonds is 37. The van der Waals surface area contributed by atoms with Crippen LogP contribution in [-0.4, -0.2) is 172 Å². The van der Waals surface area contributed by atoms with Gasteiger partial charge in [-0.3, -0.25) is 5.32 Å². The van der Waals surface area contributed by atoms with E-state index in [-0.39, 0.29) is 6.61 Å². The number of ether oxygens (including phenoxy) is 13. The molecule has 256 valence electrons. The average molecular weight is 630 g/mol. The lowest BCUT2D eigenvalue weighted by molar-refractivity contribution is -0.0283. The van der Waals surface area contributed by atoms with Crippen molar-refractivity contribution in [2.45, 2.75) is 0 Å². The van der Waals surface area contributed by atoms with Gasteiger partial charge >= 0.3 is 6.09 Å². The predicted octanol–water partition coefficient (Wildman–Crippen LogP) is 0.685. The highest BCUT2D eigenvalue weighted by Gasteiger charge is 1.98. The van der Waals surface area contributed by atoms with Crippen molar-refractivity contribution in [3.8, 4) is 0 Å². The fraction of sp³-hybridized carbons (Fsp3) is 0.893. The Balaban J connectivity index is 3.05. The summed E-state index contributed by atoms with van der Waals surface area (Å²) >= 11 is 0. The lowest BCUT2D eigenvalue weighted by Crippen LogP contribution is -2.20. The van der Waals surface area contributed by atoms with Crippen molar-refractivity contribution in [2.24, 2.45) is 0 Å². The summed E-state index contributed by atoms with van der Waals surface area (Å²) in [5.41, 5.74) is 0. The Morgan fingerprint density at radius 1 is 0.419 bits per heavy atom. The zero-order valence-corrected chi connectivity index (χ0v) is 26.0. The van der Waals surface area contributed by atoms with Crippen molar-refractivity contribution < 1.29 is 66.4 Å². The molecule has 0 saturated carbocycles. The SMILES string of the molecule is C=CNC(=O)OCCOCCOCCOCCOCCOCCOCCOCCOCCOCCOCCOCCOC. The Kier molecular flexibility index (Phi) is 37.2. The van der Waals surface area contributed by atoms with E-state index in [9.17, 15) is 4.79 Å². The molecule has 0 unspecified atom stereocenters. The summed E-state index contributed by atoms with van der Waals surface area (Å²) in [5.74, 6) is 0. The summed E-state index contributed by atoms with van der Waals surface area (Å²) in [5, 5.41) is 2.30. The minimum atomic E-state index is -0.556. The van der Waals surface area contributed by atoms with E-state index in [0.29, 0.717) is 152 Å². The molecule has 1 N–H and O–H groups in total. The molecular formula is C28H55NO14. The number of alkyl carbamates (subject to hydrolysis) is 1. The summed E-state index contributed by atoms with van der Waals surface area (Å²) in [6.07, 6.45) is 0.695. The quantitative estimate of drug-likeness (QED) is 0.0960. The summed E-state index contributed by atoms with van der Waals surface area (Å²) in [4.78, 5) is 11.0. The summed E-state index contributed by atoms with van der Waals surface area (Å²) in [7, 11) is 1.64. The van der Waals surface area contributed by atoms with Gasteiger partial charge < -0.3 is 61.6 Å². The Bertz CT molecular complexity index is 562. The van der Waals surface area contributed by atoms with Crippen LogP contribution in [0.5, 0.6) is 0 Å². The summed E-state index contributed by atoms with van der Waals surface area (Å²) in [6, 6.07) is 0. The zero-order chi connectivity index (χ0) is 31.2. The molecule has 43 heavy (non-hydrogen) atoms. The standard InChI is InChI=1S/C28H55NO14/c1-3-29-28(30)43-27-26-42-25-24-41-23-22-40-21-20-39-19-18-38-17-16-37-15-14-36-13-12-35-11-10-34-9-8-33-7-6-32-5-4-31-2/h3H,1,4-27H2,2H3,(H,29,30). The Labute approximate surface area is 256 Å². The van der Waals surface area contributed by atoms with Crippen molar-refractivity contribution in [3.63, 3.8) is 0 Å². The Morgan fingerprint density at radius 2 is 0.628 bits per heavy atom. The van der Waals surface area contributed by atoms with E-state index in [1.54, 1.807) is 7.11 Å². The van der Waals surface area contributed by atoms with Crippen LogP contribution in [-0.2, 0) is 61.6 Å². The molecule has 0 saturated heterocycles. The number of amides is 1. The topological polar surface area (TPSA) is 149 Å². The summed E-state index contributed by atoms with van der Waals surface area (Å²) in [6.45, 7) is 14.9. The van der Waals surface area contributed by atoms with E-state index in [1.165, 1.54) is 6.20 Å². The molecular weight excluding hydrogens is 574 g/mol.